The van der Waals surface area contributed by atoms with Crippen molar-refractivity contribution in [3.8, 4) is 5.75 Å². The summed E-state index contributed by atoms with van der Waals surface area (Å²) in [4.78, 5) is 4.68. The Bertz CT molecular complexity index is 2250. The minimum atomic E-state index is -0.165. The molecule has 5 aromatic carbocycles. The van der Waals surface area contributed by atoms with Crippen LogP contribution in [-0.2, 0) is 21.7 Å². The van der Waals surface area contributed by atoms with E-state index in [2.05, 4.69) is 168 Å². The summed E-state index contributed by atoms with van der Waals surface area (Å²) < 4.78 is 1.30. The second-order valence-electron chi connectivity index (χ2n) is 17.6. The molecule has 8 rings (SSSR count). The molecule has 0 spiro atoms. The smallest absolute Gasteiger partial charge is 0.119 e. The van der Waals surface area contributed by atoms with E-state index in [1.165, 1.54) is 50.7 Å². The predicted molar refractivity (Wildman–Crippen MR) is 219 cm³/mol. The Morgan fingerprint density at radius 2 is 1.22 bits per heavy atom. The number of phenolic OH excluding ortho intramolecular Hbond substituents is 1. The SMILES string of the molecule is CC(C)(C)c1ccc(N(c2cc(O)cc(N3c4ccccc4C(C)(C)c4ccccc43)c2)c2csc3cc4c(cc23)C(C)(C)CCC4(C)C)cc1. The Hall–Kier alpha value is -4.54. The Morgan fingerprint density at radius 3 is 1.80 bits per heavy atom. The molecule has 0 atom stereocenters. The first kappa shape index (κ1) is 33.6. The summed E-state index contributed by atoms with van der Waals surface area (Å²) in [5, 5.41) is 15.2. The molecule has 2 aliphatic rings. The van der Waals surface area contributed by atoms with Crippen molar-refractivity contribution >= 4 is 55.5 Å². The number of para-hydroxylation sites is 2. The van der Waals surface area contributed by atoms with E-state index in [-0.39, 0.29) is 27.4 Å². The van der Waals surface area contributed by atoms with E-state index >= 15 is 0 Å². The third-order valence-corrected chi connectivity index (χ3v) is 12.7. The Labute approximate surface area is 308 Å². The van der Waals surface area contributed by atoms with Gasteiger partial charge in [-0.1, -0.05) is 111 Å². The summed E-state index contributed by atoms with van der Waals surface area (Å²) >= 11 is 1.82. The van der Waals surface area contributed by atoms with Crippen LogP contribution in [0, 0.1) is 0 Å². The van der Waals surface area contributed by atoms with E-state index in [0.717, 1.165) is 34.1 Å². The largest absolute Gasteiger partial charge is 0.508 e. The Morgan fingerprint density at radius 1 is 0.647 bits per heavy atom. The predicted octanol–water partition coefficient (Wildman–Crippen LogP) is 13.8. The normalized spacial score (nSPS) is 17.1. The van der Waals surface area contributed by atoms with Crippen molar-refractivity contribution in [3.63, 3.8) is 0 Å². The average Bonchev–Trinajstić information content (AvgIpc) is 3.49. The van der Waals surface area contributed by atoms with E-state index in [4.69, 9.17) is 0 Å². The van der Waals surface area contributed by atoms with Gasteiger partial charge in [0.05, 0.1) is 28.4 Å². The highest BCUT2D eigenvalue weighted by Gasteiger charge is 2.39. The van der Waals surface area contributed by atoms with Gasteiger partial charge in [0.15, 0.2) is 0 Å². The standard InChI is InChI=1S/C47H50N2OS/c1-44(2,3)30-18-20-31(21-19-30)48(42-29-51-43-28-39-38(27-35(42)43)45(4,5)22-23-46(39,6)7)32-24-33(26-34(50)25-32)49-40-16-12-10-14-36(40)47(8,9)37-15-11-13-17-41(37)49/h10-21,24-29,50H,22-23H2,1-9H3. The molecule has 1 N–H and O–H groups in total. The fourth-order valence-electron chi connectivity index (χ4n) is 8.57. The summed E-state index contributed by atoms with van der Waals surface area (Å²) in [7, 11) is 0. The molecule has 1 aromatic heterocycles. The first-order chi connectivity index (χ1) is 24.1. The van der Waals surface area contributed by atoms with Crippen LogP contribution in [0.15, 0.2) is 109 Å². The van der Waals surface area contributed by atoms with Gasteiger partial charge < -0.3 is 14.9 Å². The van der Waals surface area contributed by atoms with Crippen LogP contribution < -0.4 is 9.80 Å². The first-order valence-corrected chi connectivity index (χ1v) is 19.2. The third-order valence-electron chi connectivity index (χ3n) is 11.8. The topological polar surface area (TPSA) is 26.7 Å². The van der Waals surface area contributed by atoms with Crippen molar-refractivity contribution in [1.29, 1.82) is 0 Å². The molecule has 0 saturated heterocycles. The number of rotatable bonds is 4. The number of phenols is 1. The van der Waals surface area contributed by atoms with Gasteiger partial charge in [0.1, 0.15) is 5.75 Å². The number of benzene rings is 5. The summed E-state index contributed by atoms with van der Waals surface area (Å²) in [5.41, 5.74) is 13.2. The van der Waals surface area contributed by atoms with Crippen LogP contribution in [0.1, 0.15) is 103 Å². The van der Waals surface area contributed by atoms with Gasteiger partial charge in [0.2, 0.25) is 0 Å². The van der Waals surface area contributed by atoms with E-state index in [0.29, 0.717) is 0 Å². The summed E-state index contributed by atoms with van der Waals surface area (Å²) in [6.45, 7) is 21.0. The third kappa shape index (κ3) is 5.46. The maximum Gasteiger partial charge on any atom is 0.119 e. The average molecular weight is 691 g/mol. The molecular formula is C47H50N2OS. The molecule has 2 heterocycles. The lowest BCUT2D eigenvalue weighted by molar-refractivity contribution is 0.332. The van der Waals surface area contributed by atoms with Gasteiger partial charge in [0, 0.05) is 38.7 Å². The summed E-state index contributed by atoms with van der Waals surface area (Å²) in [5.74, 6) is 0.235. The summed E-state index contributed by atoms with van der Waals surface area (Å²) in [6, 6.07) is 37.4. The molecule has 1 aliphatic carbocycles. The molecule has 0 unspecified atom stereocenters. The maximum atomic E-state index is 11.6. The van der Waals surface area contributed by atoms with Crippen molar-refractivity contribution in [1.82, 2.24) is 0 Å². The van der Waals surface area contributed by atoms with Gasteiger partial charge in [-0.3, -0.25) is 0 Å². The van der Waals surface area contributed by atoms with E-state index in [1.54, 1.807) is 0 Å². The number of anilines is 6. The highest BCUT2D eigenvalue weighted by molar-refractivity contribution is 7.17. The lowest BCUT2D eigenvalue weighted by Gasteiger charge is -2.42. The fourth-order valence-corrected chi connectivity index (χ4v) is 9.52. The fraction of sp³-hybridized carbons (Fsp3) is 0.319. The van der Waals surface area contributed by atoms with Crippen LogP contribution in [0.2, 0.25) is 0 Å². The van der Waals surface area contributed by atoms with Crippen molar-refractivity contribution in [3.05, 3.63) is 136 Å². The van der Waals surface area contributed by atoms with Crippen LogP contribution in [-0.4, -0.2) is 5.11 Å². The van der Waals surface area contributed by atoms with E-state index in [9.17, 15) is 5.11 Å². The number of nitrogens with zero attached hydrogens (tertiary/aromatic N) is 2. The van der Waals surface area contributed by atoms with Gasteiger partial charge in [0.25, 0.3) is 0 Å². The number of thiophene rings is 1. The molecule has 260 valence electrons. The zero-order valence-electron chi connectivity index (χ0n) is 31.6. The van der Waals surface area contributed by atoms with Crippen molar-refractivity contribution < 1.29 is 5.11 Å². The number of fused-ring (bicyclic) bond motifs is 4. The van der Waals surface area contributed by atoms with Crippen LogP contribution in [0.3, 0.4) is 0 Å². The minimum Gasteiger partial charge on any atom is -0.508 e. The van der Waals surface area contributed by atoms with E-state index < -0.39 is 0 Å². The number of hydrogen-bond donors (Lipinski definition) is 1. The van der Waals surface area contributed by atoms with Gasteiger partial charge >= 0.3 is 0 Å². The Kier molecular flexibility index (Phi) is 7.56. The van der Waals surface area contributed by atoms with Crippen LogP contribution in [0.4, 0.5) is 34.1 Å². The number of aromatic hydroxyl groups is 1. The minimum absolute atomic E-state index is 0.0386. The second kappa shape index (κ2) is 11.5. The van der Waals surface area contributed by atoms with E-state index in [1.807, 2.05) is 23.5 Å². The molecule has 0 saturated carbocycles. The molecule has 0 amide bonds. The molecule has 0 fully saturated rings. The molecule has 4 heteroatoms. The highest BCUT2D eigenvalue weighted by atomic mass is 32.1. The summed E-state index contributed by atoms with van der Waals surface area (Å²) in [6.07, 6.45) is 2.36. The molecule has 3 nitrogen and oxygen atoms in total. The highest BCUT2D eigenvalue weighted by Crippen LogP contribution is 2.54. The zero-order valence-corrected chi connectivity index (χ0v) is 32.4. The van der Waals surface area contributed by atoms with Crippen LogP contribution in [0.25, 0.3) is 10.1 Å². The first-order valence-electron chi connectivity index (χ1n) is 18.4. The van der Waals surface area contributed by atoms with Gasteiger partial charge in [-0.15, -0.1) is 11.3 Å². The number of hydrogen-bond acceptors (Lipinski definition) is 4. The molecule has 0 radical (unpaired) electrons. The molecule has 1 aliphatic heterocycles. The van der Waals surface area contributed by atoms with Crippen molar-refractivity contribution in [2.24, 2.45) is 0 Å². The molecule has 51 heavy (non-hydrogen) atoms. The molecular weight excluding hydrogens is 641 g/mol. The van der Waals surface area contributed by atoms with Crippen molar-refractivity contribution in [2.45, 2.75) is 96.8 Å². The zero-order chi connectivity index (χ0) is 36.1. The van der Waals surface area contributed by atoms with Gasteiger partial charge in [-0.25, -0.2) is 0 Å². The van der Waals surface area contributed by atoms with Crippen LogP contribution in [0.5, 0.6) is 5.75 Å². The monoisotopic (exact) mass is 690 g/mol. The van der Waals surface area contributed by atoms with Crippen LogP contribution >= 0.6 is 11.3 Å². The quantitative estimate of drug-likeness (QED) is 0.199. The lowest BCUT2D eigenvalue weighted by atomic mass is 9.63. The van der Waals surface area contributed by atoms with Gasteiger partial charge in [-0.05, 0) is 99.4 Å². The maximum absolute atomic E-state index is 11.6. The second-order valence-corrected chi connectivity index (χ2v) is 18.5. The van der Waals surface area contributed by atoms with Crippen molar-refractivity contribution in [2.75, 3.05) is 9.80 Å². The lowest BCUT2D eigenvalue weighted by Crippen LogP contribution is -2.33. The molecule has 6 aromatic rings. The Balaban J connectivity index is 1.36. The molecule has 0 bridgehead atoms. The van der Waals surface area contributed by atoms with Gasteiger partial charge in [-0.2, -0.15) is 0 Å².